The van der Waals surface area contributed by atoms with Crippen molar-refractivity contribution >= 4 is 23.5 Å². The van der Waals surface area contributed by atoms with Gasteiger partial charge in [0.25, 0.3) is 5.69 Å². The lowest BCUT2D eigenvalue weighted by Gasteiger charge is -2.54. The first-order chi connectivity index (χ1) is 19.9. The topological polar surface area (TPSA) is 114 Å². The molecule has 4 heterocycles. The number of non-ortho nitro benzene ring substituents is 1. The van der Waals surface area contributed by atoms with Crippen LogP contribution in [-0.2, 0) is 0 Å². The van der Waals surface area contributed by atoms with Crippen LogP contribution in [0.1, 0.15) is 47.6 Å². The zero-order chi connectivity index (χ0) is 28.5. The number of amidine groups is 1. The summed E-state index contributed by atoms with van der Waals surface area (Å²) in [6.45, 7) is 5.94. The molecule has 0 spiro atoms. The molecule has 2 aliphatic rings. The fourth-order valence-corrected chi connectivity index (χ4v) is 6.53. The van der Waals surface area contributed by atoms with E-state index in [0.29, 0.717) is 6.04 Å². The first kappa shape index (κ1) is 27.1. The second-order valence-corrected chi connectivity index (χ2v) is 11.4. The number of nitro groups is 1. The fourth-order valence-electron chi connectivity index (χ4n) is 5.87. The molecular weight excluding hydrogens is 538 g/mol. The van der Waals surface area contributed by atoms with Crippen LogP contribution in [-0.4, -0.2) is 61.9 Å². The lowest BCUT2D eigenvalue weighted by atomic mass is 9.78. The number of aromatic nitrogens is 3. The highest BCUT2D eigenvalue weighted by Gasteiger charge is 2.51. The Labute approximate surface area is 242 Å². The molecule has 11 heteroatoms. The molecule has 2 fully saturated rings. The maximum Gasteiger partial charge on any atom is 0.269 e. The maximum atomic E-state index is 11.1. The van der Waals surface area contributed by atoms with Crippen LogP contribution in [0.5, 0.6) is 0 Å². The number of rotatable bonds is 7. The number of hydrogen-bond donors (Lipinski definition) is 0. The Kier molecular flexibility index (Phi) is 7.55. The minimum atomic E-state index is -0.390. The standard InChI is InChI=1S/C30H31N7O3S/c1-19-26(20(2)40-33-19)21-5-7-22(8-6-21)28-27(29-31-15-4-16-32-29)30(36(28)23-13-17-35(3)18-14-23)34-41-25-11-9-24(10-12-25)37(38)39/h4-12,15-16,23,27-28H,13-14,17-18H2,1-3H3. The molecule has 2 atom stereocenters. The summed E-state index contributed by atoms with van der Waals surface area (Å²) in [5.41, 5.74) is 4.22. The van der Waals surface area contributed by atoms with E-state index >= 15 is 0 Å². The molecule has 10 nitrogen and oxygen atoms in total. The van der Waals surface area contributed by atoms with E-state index in [4.69, 9.17) is 8.92 Å². The summed E-state index contributed by atoms with van der Waals surface area (Å²) in [5, 5.41) is 15.2. The van der Waals surface area contributed by atoms with E-state index in [-0.39, 0.29) is 17.6 Å². The third-order valence-corrected chi connectivity index (χ3v) is 8.73. The zero-order valence-electron chi connectivity index (χ0n) is 23.2. The minimum Gasteiger partial charge on any atom is -0.361 e. The predicted octanol–water partition coefficient (Wildman–Crippen LogP) is 6.00. The lowest BCUT2D eigenvalue weighted by Crippen LogP contribution is -2.60. The number of nitro benzene ring substituents is 1. The SMILES string of the molecule is Cc1noc(C)c1-c1ccc(C2C(c3ncccn3)C(=NSc3ccc([N+](=O)[O-])cc3)N2C2CCN(C)CC2)cc1. The molecule has 2 unspecified atom stereocenters. The molecule has 2 saturated heterocycles. The van der Waals surface area contributed by atoms with Crippen molar-refractivity contribution in [3.05, 3.63) is 99.9 Å². The highest BCUT2D eigenvalue weighted by Crippen LogP contribution is 2.50. The average molecular weight is 570 g/mol. The van der Waals surface area contributed by atoms with Crippen LogP contribution in [0, 0.1) is 24.0 Å². The molecule has 2 aromatic carbocycles. The summed E-state index contributed by atoms with van der Waals surface area (Å²) in [6, 6.07) is 17.3. The van der Waals surface area contributed by atoms with E-state index < -0.39 is 4.92 Å². The molecule has 2 aromatic heterocycles. The average Bonchev–Trinajstić information content (AvgIpc) is 3.32. The van der Waals surface area contributed by atoms with Gasteiger partial charge in [0.15, 0.2) is 0 Å². The van der Waals surface area contributed by atoms with Crippen LogP contribution in [0.4, 0.5) is 5.69 Å². The van der Waals surface area contributed by atoms with Crippen molar-refractivity contribution in [2.45, 2.75) is 49.6 Å². The van der Waals surface area contributed by atoms with Gasteiger partial charge in [-0.15, -0.1) is 0 Å². The van der Waals surface area contributed by atoms with Crippen molar-refractivity contribution in [2.75, 3.05) is 20.1 Å². The summed E-state index contributed by atoms with van der Waals surface area (Å²) in [5.74, 6) is 2.36. The van der Waals surface area contributed by atoms with E-state index in [9.17, 15) is 10.1 Å². The molecule has 0 bridgehead atoms. The van der Waals surface area contributed by atoms with E-state index in [2.05, 4.69) is 56.2 Å². The molecule has 0 radical (unpaired) electrons. The molecule has 210 valence electrons. The maximum absolute atomic E-state index is 11.1. The van der Waals surface area contributed by atoms with Gasteiger partial charge in [-0.05, 0) is 76.2 Å². The van der Waals surface area contributed by atoms with Crippen molar-refractivity contribution in [3.63, 3.8) is 0 Å². The lowest BCUT2D eigenvalue weighted by molar-refractivity contribution is -0.384. The zero-order valence-corrected chi connectivity index (χ0v) is 24.0. The number of aryl methyl sites for hydroxylation is 2. The molecule has 0 amide bonds. The Hall–Kier alpha value is -4.09. The van der Waals surface area contributed by atoms with Crippen molar-refractivity contribution in [3.8, 4) is 11.1 Å². The number of piperidine rings is 1. The normalized spacial score (nSPS) is 20.8. The van der Waals surface area contributed by atoms with Crippen molar-refractivity contribution in [1.29, 1.82) is 0 Å². The van der Waals surface area contributed by atoms with Crippen LogP contribution in [0.25, 0.3) is 11.1 Å². The Bertz CT molecular complexity index is 1530. The third-order valence-electron chi connectivity index (χ3n) is 7.97. The first-order valence-corrected chi connectivity index (χ1v) is 14.4. The summed E-state index contributed by atoms with van der Waals surface area (Å²) in [7, 11) is 2.16. The van der Waals surface area contributed by atoms with Gasteiger partial charge in [0.2, 0.25) is 0 Å². The van der Waals surface area contributed by atoms with Gasteiger partial charge in [0.1, 0.15) is 23.3 Å². The molecule has 0 aliphatic carbocycles. The van der Waals surface area contributed by atoms with Gasteiger partial charge in [-0.3, -0.25) is 10.1 Å². The van der Waals surface area contributed by atoms with Crippen LogP contribution in [0.3, 0.4) is 0 Å². The van der Waals surface area contributed by atoms with Gasteiger partial charge in [-0.1, -0.05) is 29.4 Å². The number of benzene rings is 2. The number of hydrogen-bond acceptors (Lipinski definition) is 9. The molecule has 6 rings (SSSR count). The highest BCUT2D eigenvalue weighted by molar-refractivity contribution is 7.98. The van der Waals surface area contributed by atoms with E-state index in [1.54, 1.807) is 24.5 Å². The highest BCUT2D eigenvalue weighted by atomic mass is 32.2. The quantitative estimate of drug-likeness (QED) is 0.150. The molecular formula is C30H31N7O3S. The first-order valence-electron chi connectivity index (χ1n) is 13.7. The van der Waals surface area contributed by atoms with Crippen LogP contribution >= 0.6 is 11.9 Å². The summed E-state index contributed by atoms with van der Waals surface area (Å²) in [4.78, 5) is 25.7. The molecule has 41 heavy (non-hydrogen) atoms. The van der Waals surface area contributed by atoms with Crippen LogP contribution in [0.2, 0.25) is 0 Å². The van der Waals surface area contributed by atoms with E-state index in [1.807, 2.05) is 19.9 Å². The smallest absolute Gasteiger partial charge is 0.269 e. The third kappa shape index (κ3) is 5.34. The Morgan fingerprint density at radius 2 is 1.71 bits per heavy atom. The predicted molar refractivity (Wildman–Crippen MR) is 158 cm³/mol. The van der Waals surface area contributed by atoms with Gasteiger partial charge >= 0.3 is 0 Å². The van der Waals surface area contributed by atoms with Gasteiger partial charge in [-0.25, -0.2) is 9.97 Å². The molecule has 0 N–H and O–H groups in total. The van der Waals surface area contributed by atoms with Gasteiger partial charge in [0, 0.05) is 53.0 Å². The Balaban J connectivity index is 1.37. The number of nitrogens with zero attached hydrogens (tertiary/aromatic N) is 7. The van der Waals surface area contributed by atoms with Gasteiger partial charge in [-0.2, -0.15) is 4.40 Å². The van der Waals surface area contributed by atoms with Crippen molar-refractivity contribution in [1.82, 2.24) is 24.9 Å². The van der Waals surface area contributed by atoms with Crippen LogP contribution < -0.4 is 0 Å². The van der Waals surface area contributed by atoms with E-state index in [0.717, 1.165) is 65.1 Å². The summed E-state index contributed by atoms with van der Waals surface area (Å²) < 4.78 is 10.4. The fraction of sp³-hybridized carbons (Fsp3) is 0.333. The largest absolute Gasteiger partial charge is 0.361 e. The second-order valence-electron chi connectivity index (χ2n) is 10.6. The van der Waals surface area contributed by atoms with Crippen molar-refractivity contribution < 1.29 is 9.45 Å². The Morgan fingerprint density at radius 3 is 2.32 bits per heavy atom. The van der Waals surface area contributed by atoms with E-state index in [1.165, 1.54) is 29.6 Å². The summed E-state index contributed by atoms with van der Waals surface area (Å²) >= 11 is 1.33. The van der Waals surface area contributed by atoms with Gasteiger partial charge in [0.05, 0.1) is 16.7 Å². The van der Waals surface area contributed by atoms with Gasteiger partial charge < -0.3 is 14.3 Å². The number of likely N-dealkylation sites (tertiary alicyclic amines) is 2. The summed E-state index contributed by atoms with van der Waals surface area (Å²) in [6.07, 6.45) is 5.63. The van der Waals surface area contributed by atoms with Crippen LogP contribution in [0.15, 0.2) is 80.8 Å². The monoisotopic (exact) mass is 569 g/mol. The second kappa shape index (κ2) is 11.4. The Morgan fingerprint density at radius 1 is 1.02 bits per heavy atom. The minimum absolute atomic E-state index is 0.0285. The van der Waals surface area contributed by atoms with Crippen molar-refractivity contribution in [2.24, 2.45) is 4.40 Å². The molecule has 0 saturated carbocycles. The molecule has 2 aliphatic heterocycles. The molecule has 4 aromatic rings.